The number of aromatic nitrogens is 2. The Kier molecular flexibility index (Phi) is 4.46. The van der Waals surface area contributed by atoms with Gasteiger partial charge < -0.3 is 5.32 Å². The van der Waals surface area contributed by atoms with Gasteiger partial charge in [0, 0.05) is 6.04 Å². The van der Waals surface area contributed by atoms with Gasteiger partial charge in [0.05, 0.1) is 22.4 Å². The maximum absolute atomic E-state index is 14.3. The van der Waals surface area contributed by atoms with Gasteiger partial charge in [0.1, 0.15) is 11.6 Å². The molecule has 3 atom stereocenters. The third kappa shape index (κ3) is 2.79. The Morgan fingerprint density at radius 2 is 1.83 bits per heavy atom. The molecule has 3 aliphatic rings. The first-order valence-electron chi connectivity index (χ1n) is 11.0. The van der Waals surface area contributed by atoms with Crippen molar-refractivity contribution in [2.24, 2.45) is 10.8 Å². The highest BCUT2D eigenvalue weighted by atomic mass is 19.1. The molecule has 3 aliphatic carbocycles. The fraction of sp³-hybridized carbons (Fsp3) is 0.542. The lowest BCUT2D eigenvalue weighted by molar-refractivity contribution is -0.127. The van der Waals surface area contributed by atoms with Crippen molar-refractivity contribution in [3.05, 3.63) is 47.2 Å². The third-order valence-corrected chi connectivity index (χ3v) is 8.00. The summed E-state index contributed by atoms with van der Waals surface area (Å²) in [6, 6.07) is 5.90. The van der Waals surface area contributed by atoms with Gasteiger partial charge in [-0.2, -0.15) is 10.2 Å². The highest BCUT2D eigenvalue weighted by Gasteiger charge is 2.75. The predicted molar refractivity (Wildman–Crippen MR) is 110 cm³/mol. The number of rotatable bonds is 4. The molecule has 2 aromatic rings. The fourth-order valence-electron chi connectivity index (χ4n) is 6.15. The van der Waals surface area contributed by atoms with Crippen LogP contribution in [0.4, 0.5) is 8.78 Å². The quantitative estimate of drug-likeness (QED) is 0.765. The summed E-state index contributed by atoms with van der Waals surface area (Å²) in [4.78, 5) is 13.2. The van der Waals surface area contributed by atoms with Crippen LogP contribution in [0.25, 0.3) is 11.3 Å². The number of halogens is 2. The third-order valence-electron chi connectivity index (χ3n) is 8.00. The van der Waals surface area contributed by atoms with Crippen molar-refractivity contribution in [3.8, 4) is 11.3 Å². The first-order chi connectivity index (χ1) is 14.4. The van der Waals surface area contributed by atoms with Crippen molar-refractivity contribution < 1.29 is 13.6 Å². The van der Waals surface area contributed by atoms with E-state index in [1.165, 1.54) is 31.0 Å². The summed E-state index contributed by atoms with van der Waals surface area (Å²) >= 11 is 0. The zero-order valence-corrected chi connectivity index (χ0v) is 17.5. The second-order valence-corrected chi connectivity index (χ2v) is 9.59. The van der Waals surface area contributed by atoms with E-state index in [9.17, 15) is 13.6 Å². The Morgan fingerprint density at radius 3 is 2.50 bits per heavy atom. The Morgan fingerprint density at radius 1 is 1.13 bits per heavy atom. The van der Waals surface area contributed by atoms with E-state index in [4.69, 9.17) is 0 Å². The summed E-state index contributed by atoms with van der Waals surface area (Å²) in [6.07, 6.45) is 7.11. The van der Waals surface area contributed by atoms with Gasteiger partial charge in [-0.25, -0.2) is 8.78 Å². The van der Waals surface area contributed by atoms with Crippen molar-refractivity contribution in [1.82, 2.24) is 15.5 Å². The van der Waals surface area contributed by atoms with Gasteiger partial charge in [0.25, 0.3) is 0 Å². The lowest BCUT2D eigenvalue weighted by atomic mass is 9.83. The summed E-state index contributed by atoms with van der Waals surface area (Å²) < 4.78 is 28.6. The lowest BCUT2D eigenvalue weighted by Crippen LogP contribution is -2.39. The van der Waals surface area contributed by atoms with Crippen LogP contribution in [0.1, 0.15) is 69.0 Å². The normalized spacial score (nSPS) is 30.3. The smallest absolute Gasteiger partial charge is 0.227 e. The number of benzene rings is 1. The number of carbonyl (C=O) groups is 1. The molecule has 1 unspecified atom stereocenters. The van der Waals surface area contributed by atoms with Crippen LogP contribution in [0.2, 0.25) is 0 Å². The highest BCUT2D eigenvalue weighted by Crippen LogP contribution is 2.78. The van der Waals surface area contributed by atoms with Gasteiger partial charge in [-0.05, 0) is 74.1 Å². The van der Waals surface area contributed by atoms with E-state index in [1.807, 2.05) is 6.92 Å². The monoisotopic (exact) mass is 411 g/mol. The average molecular weight is 411 g/mol. The van der Waals surface area contributed by atoms with E-state index >= 15 is 0 Å². The maximum Gasteiger partial charge on any atom is 0.227 e. The number of fused-ring (bicyclic) bond motifs is 1. The summed E-state index contributed by atoms with van der Waals surface area (Å²) in [5.41, 5.74) is 1.33. The van der Waals surface area contributed by atoms with Gasteiger partial charge >= 0.3 is 0 Å². The molecule has 0 radical (unpaired) electrons. The molecular formula is C24H27F2N3O. The molecule has 6 heteroatoms. The van der Waals surface area contributed by atoms with E-state index in [1.54, 1.807) is 6.07 Å². The van der Waals surface area contributed by atoms with Crippen LogP contribution in [0, 0.1) is 29.4 Å². The minimum Gasteiger partial charge on any atom is -0.353 e. The topological polar surface area (TPSA) is 54.9 Å². The summed E-state index contributed by atoms with van der Waals surface area (Å²) in [6.45, 7) is 4.07. The van der Waals surface area contributed by atoms with Crippen molar-refractivity contribution in [2.45, 2.75) is 70.8 Å². The minimum atomic E-state index is -0.645. The Bertz CT molecular complexity index is 995. The molecule has 0 spiro atoms. The molecule has 1 N–H and O–H groups in total. The minimum absolute atomic E-state index is 0.135. The SMILES string of the molecule is Cc1nnc(-c2c(F)cccc2F)cc1[C@H]1CC[C@@]2(C(=O)NC3CCCC3)CC12C. The molecule has 1 aromatic heterocycles. The molecule has 158 valence electrons. The highest BCUT2D eigenvalue weighted by molar-refractivity contribution is 5.88. The number of hydrogen-bond acceptors (Lipinski definition) is 3. The molecule has 0 bridgehead atoms. The number of nitrogens with one attached hydrogen (secondary N) is 1. The summed E-state index contributed by atoms with van der Waals surface area (Å²) in [5.74, 6) is -0.961. The summed E-state index contributed by atoms with van der Waals surface area (Å²) in [5, 5.41) is 11.6. The maximum atomic E-state index is 14.3. The molecule has 1 aromatic carbocycles. The Balaban J connectivity index is 1.45. The average Bonchev–Trinajstić information content (AvgIpc) is 3.01. The molecule has 3 fully saturated rings. The number of hydrogen-bond donors (Lipinski definition) is 1. The molecule has 30 heavy (non-hydrogen) atoms. The van der Waals surface area contributed by atoms with Crippen LogP contribution in [0.5, 0.6) is 0 Å². The molecule has 4 nitrogen and oxygen atoms in total. The van der Waals surface area contributed by atoms with Crippen LogP contribution in [0.3, 0.4) is 0 Å². The predicted octanol–water partition coefficient (Wildman–Crippen LogP) is 5.06. The Hall–Kier alpha value is -2.37. The number of nitrogens with zero attached hydrogens (tertiary/aromatic N) is 2. The van der Waals surface area contributed by atoms with Gasteiger partial charge in [-0.1, -0.05) is 25.8 Å². The molecule has 1 heterocycles. The van der Waals surface area contributed by atoms with Crippen LogP contribution in [0.15, 0.2) is 24.3 Å². The lowest BCUT2D eigenvalue weighted by Gasteiger charge is -2.23. The van der Waals surface area contributed by atoms with Crippen molar-refractivity contribution in [2.75, 3.05) is 0 Å². The standard InChI is InChI=1S/C24H27F2N3O/c1-14-16(12-20(29-28-14)21-18(25)8-5-9-19(21)26)17-10-11-24(13-23(17,24)2)22(30)27-15-6-3-4-7-15/h5,8-9,12,15,17H,3-4,6-7,10-11,13H2,1-2H3,(H,27,30)/t17-,23?,24+/m1/s1. The first kappa shape index (κ1) is 19.6. The number of carbonyl (C=O) groups excluding carboxylic acids is 1. The van der Waals surface area contributed by atoms with Gasteiger partial charge in [-0.15, -0.1) is 0 Å². The molecule has 1 amide bonds. The fourth-order valence-corrected chi connectivity index (χ4v) is 6.15. The van der Waals surface area contributed by atoms with Crippen LogP contribution >= 0.6 is 0 Å². The van der Waals surface area contributed by atoms with Crippen molar-refractivity contribution >= 4 is 5.91 Å². The van der Waals surface area contributed by atoms with E-state index < -0.39 is 11.6 Å². The number of amides is 1. The first-order valence-corrected chi connectivity index (χ1v) is 11.0. The molecule has 0 saturated heterocycles. The second kappa shape index (κ2) is 6.82. The van der Waals surface area contributed by atoms with Crippen molar-refractivity contribution in [1.29, 1.82) is 0 Å². The van der Waals surface area contributed by atoms with Gasteiger partial charge in [-0.3, -0.25) is 4.79 Å². The van der Waals surface area contributed by atoms with E-state index in [0.29, 0.717) is 6.04 Å². The molecule has 5 rings (SSSR count). The van der Waals surface area contributed by atoms with Gasteiger partial charge in [0.2, 0.25) is 5.91 Å². The molecule has 3 saturated carbocycles. The van der Waals surface area contributed by atoms with E-state index in [2.05, 4.69) is 22.4 Å². The zero-order chi connectivity index (χ0) is 21.1. The van der Waals surface area contributed by atoms with Crippen LogP contribution in [-0.4, -0.2) is 22.1 Å². The second-order valence-electron chi connectivity index (χ2n) is 9.59. The Labute approximate surface area is 175 Å². The van der Waals surface area contributed by atoms with Crippen LogP contribution in [-0.2, 0) is 4.79 Å². The largest absolute Gasteiger partial charge is 0.353 e. The van der Waals surface area contributed by atoms with Crippen LogP contribution < -0.4 is 5.32 Å². The molecular weight excluding hydrogens is 384 g/mol. The van der Waals surface area contributed by atoms with Crippen molar-refractivity contribution in [3.63, 3.8) is 0 Å². The van der Waals surface area contributed by atoms with Gasteiger partial charge in [0.15, 0.2) is 0 Å². The zero-order valence-electron chi connectivity index (χ0n) is 17.5. The van der Waals surface area contributed by atoms with E-state index in [0.717, 1.165) is 43.4 Å². The summed E-state index contributed by atoms with van der Waals surface area (Å²) in [7, 11) is 0. The van der Waals surface area contributed by atoms with E-state index in [-0.39, 0.29) is 33.9 Å². The number of aryl methyl sites for hydroxylation is 1. The molecule has 0 aliphatic heterocycles.